The lowest BCUT2D eigenvalue weighted by molar-refractivity contribution is -0.533. The summed E-state index contributed by atoms with van der Waals surface area (Å²) in [5.41, 5.74) is 0. The molecule has 1 rings (SSSR count). The third-order valence-corrected chi connectivity index (χ3v) is 4.89. The van der Waals surface area contributed by atoms with Crippen LogP contribution in [0.25, 0.3) is 0 Å². The zero-order chi connectivity index (χ0) is 15.7. The van der Waals surface area contributed by atoms with Gasteiger partial charge in [0.25, 0.3) is 0 Å². The van der Waals surface area contributed by atoms with Crippen LogP contribution < -0.4 is 0 Å². The molecule has 1 unspecified atom stereocenters. The maximum absolute atomic E-state index is 11.2. The van der Waals surface area contributed by atoms with E-state index in [1.807, 2.05) is 6.92 Å². The highest BCUT2D eigenvalue weighted by Crippen LogP contribution is 2.25. The highest BCUT2D eigenvalue weighted by molar-refractivity contribution is 4.75. The number of aliphatic hydroxyl groups excluding tert-OH is 2. The van der Waals surface area contributed by atoms with E-state index < -0.39 is 12.1 Å². The van der Waals surface area contributed by atoms with E-state index in [1.165, 1.54) is 12.8 Å². The fourth-order valence-electron chi connectivity index (χ4n) is 3.38. The molecular formula is C16H31NO4. The largest absolute Gasteiger partial charge is 0.396 e. The van der Waals surface area contributed by atoms with Crippen molar-refractivity contribution < 1.29 is 15.1 Å². The van der Waals surface area contributed by atoms with E-state index in [0.717, 1.165) is 38.5 Å². The quantitative estimate of drug-likeness (QED) is 0.606. The number of hydrogen-bond donors (Lipinski definition) is 2. The molecule has 0 radical (unpaired) electrons. The van der Waals surface area contributed by atoms with E-state index in [0.29, 0.717) is 12.8 Å². The van der Waals surface area contributed by atoms with E-state index in [2.05, 4.69) is 0 Å². The van der Waals surface area contributed by atoms with Crippen molar-refractivity contribution in [3.8, 4) is 0 Å². The third-order valence-electron chi connectivity index (χ3n) is 4.89. The van der Waals surface area contributed by atoms with E-state index in [-0.39, 0.29) is 23.4 Å². The van der Waals surface area contributed by atoms with E-state index in [9.17, 15) is 20.3 Å². The summed E-state index contributed by atoms with van der Waals surface area (Å²) in [7, 11) is 0. The van der Waals surface area contributed by atoms with Crippen LogP contribution >= 0.6 is 0 Å². The Kier molecular flexibility index (Phi) is 8.85. The lowest BCUT2D eigenvalue weighted by atomic mass is 9.85. The molecular weight excluding hydrogens is 270 g/mol. The normalized spacial score (nSPS) is 34.0. The van der Waals surface area contributed by atoms with Gasteiger partial charge in [-0.05, 0) is 19.3 Å². The second-order valence-corrected chi connectivity index (χ2v) is 6.63. The summed E-state index contributed by atoms with van der Waals surface area (Å²) in [6.45, 7) is 1.83. The molecule has 0 aromatic heterocycles. The lowest BCUT2D eigenvalue weighted by Gasteiger charge is -2.25. The molecule has 0 aromatic rings. The van der Waals surface area contributed by atoms with Crippen molar-refractivity contribution >= 4 is 0 Å². The van der Waals surface area contributed by atoms with Crippen molar-refractivity contribution in [3.63, 3.8) is 0 Å². The Morgan fingerprint density at radius 3 is 2.10 bits per heavy atom. The molecule has 1 aliphatic carbocycles. The van der Waals surface area contributed by atoms with Gasteiger partial charge in [0, 0.05) is 29.8 Å². The highest BCUT2D eigenvalue weighted by Gasteiger charge is 2.31. The molecule has 0 heterocycles. The van der Waals surface area contributed by atoms with Crippen LogP contribution in [-0.4, -0.2) is 33.9 Å². The lowest BCUT2D eigenvalue weighted by Crippen LogP contribution is -2.33. The van der Waals surface area contributed by atoms with Gasteiger partial charge >= 0.3 is 0 Å². The Morgan fingerprint density at radius 2 is 1.57 bits per heavy atom. The summed E-state index contributed by atoms with van der Waals surface area (Å²) in [6, 6.07) is -0.568. The smallest absolute Gasteiger partial charge is 0.215 e. The Balaban J connectivity index is 2.66. The van der Waals surface area contributed by atoms with Crippen LogP contribution in [0.15, 0.2) is 0 Å². The molecule has 1 aliphatic rings. The standard InChI is InChI=1S/C16H31NO4/c1-13-11-16(19)14(12-18)9-7-5-3-2-4-6-8-10-15(13)17(20)21/h13-16,18-19H,2-12H2,1H3/t13-,14+,15?,16-/m0/s1. The van der Waals surface area contributed by atoms with Crippen molar-refractivity contribution in [3.05, 3.63) is 10.1 Å². The molecule has 4 atom stereocenters. The second-order valence-electron chi connectivity index (χ2n) is 6.63. The number of nitro groups is 1. The molecule has 0 amide bonds. The van der Waals surface area contributed by atoms with Gasteiger partial charge in [0.2, 0.25) is 6.04 Å². The zero-order valence-electron chi connectivity index (χ0n) is 13.2. The number of hydrogen-bond acceptors (Lipinski definition) is 4. The molecule has 0 bridgehead atoms. The van der Waals surface area contributed by atoms with Crippen LogP contribution in [0.1, 0.15) is 71.1 Å². The van der Waals surface area contributed by atoms with Crippen LogP contribution in [0.2, 0.25) is 0 Å². The van der Waals surface area contributed by atoms with Crippen molar-refractivity contribution in [2.75, 3.05) is 6.61 Å². The fourth-order valence-corrected chi connectivity index (χ4v) is 3.38. The van der Waals surface area contributed by atoms with E-state index in [4.69, 9.17) is 0 Å². The van der Waals surface area contributed by atoms with Gasteiger partial charge < -0.3 is 10.2 Å². The van der Waals surface area contributed by atoms with Crippen LogP contribution in [0.4, 0.5) is 0 Å². The first-order valence-electron chi connectivity index (χ1n) is 8.48. The van der Waals surface area contributed by atoms with Gasteiger partial charge in [-0.1, -0.05) is 45.4 Å². The van der Waals surface area contributed by atoms with Gasteiger partial charge in [-0.3, -0.25) is 10.1 Å². The zero-order valence-corrected chi connectivity index (χ0v) is 13.2. The van der Waals surface area contributed by atoms with Crippen LogP contribution in [0, 0.1) is 22.0 Å². The van der Waals surface area contributed by atoms with Crippen molar-refractivity contribution in [2.24, 2.45) is 11.8 Å². The van der Waals surface area contributed by atoms with E-state index >= 15 is 0 Å². The van der Waals surface area contributed by atoms with Gasteiger partial charge in [0.15, 0.2) is 0 Å². The Hall–Kier alpha value is -0.680. The summed E-state index contributed by atoms with van der Waals surface area (Å²) >= 11 is 0. The summed E-state index contributed by atoms with van der Waals surface area (Å²) in [6.07, 6.45) is 8.87. The van der Waals surface area contributed by atoms with Gasteiger partial charge in [0.05, 0.1) is 6.10 Å². The topological polar surface area (TPSA) is 83.6 Å². The number of rotatable bonds is 2. The average molecular weight is 301 g/mol. The van der Waals surface area contributed by atoms with Crippen LogP contribution in [0.3, 0.4) is 0 Å². The minimum absolute atomic E-state index is 0.0307. The molecule has 5 heteroatoms. The summed E-state index contributed by atoms with van der Waals surface area (Å²) in [4.78, 5) is 11.1. The van der Waals surface area contributed by atoms with Crippen LogP contribution in [-0.2, 0) is 0 Å². The average Bonchev–Trinajstić information content (AvgIpc) is 2.43. The maximum Gasteiger partial charge on any atom is 0.215 e. The van der Waals surface area contributed by atoms with Crippen molar-refractivity contribution in [1.29, 1.82) is 0 Å². The van der Waals surface area contributed by atoms with E-state index in [1.54, 1.807) is 0 Å². The van der Waals surface area contributed by atoms with Gasteiger partial charge in [-0.25, -0.2) is 0 Å². The molecule has 21 heavy (non-hydrogen) atoms. The molecule has 2 N–H and O–H groups in total. The predicted molar refractivity (Wildman–Crippen MR) is 82.7 cm³/mol. The molecule has 1 saturated carbocycles. The predicted octanol–water partition coefficient (Wildman–Crippen LogP) is 3.15. The highest BCUT2D eigenvalue weighted by atomic mass is 16.6. The van der Waals surface area contributed by atoms with Crippen molar-refractivity contribution in [2.45, 2.75) is 83.3 Å². The molecule has 0 aliphatic heterocycles. The molecule has 0 saturated heterocycles. The molecule has 0 spiro atoms. The molecule has 5 nitrogen and oxygen atoms in total. The monoisotopic (exact) mass is 301 g/mol. The molecule has 0 aromatic carbocycles. The fraction of sp³-hybridized carbons (Fsp3) is 1.00. The van der Waals surface area contributed by atoms with Gasteiger partial charge in [-0.2, -0.15) is 0 Å². The maximum atomic E-state index is 11.2. The summed E-state index contributed by atoms with van der Waals surface area (Å²) in [5.74, 6) is -0.283. The summed E-state index contributed by atoms with van der Waals surface area (Å²) < 4.78 is 0. The minimum Gasteiger partial charge on any atom is -0.396 e. The third kappa shape index (κ3) is 6.74. The Labute approximate surface area is 127 Å². The SMILES string of the molecule is C[C@H]1C[C@H](O)[C@@H](CO)CCCCCCCCCC1[N+](=O)[O-]. The van der Waals surface area contributed by atoms with Gasteiger partial charge in [-0.15, -0.1) is 0 Å². The minimum atomic E-state index is -0.629. The molecule has 124 valence electrons. The first-order valence-corrected chi connectivity index (χ1v) is 8.48. The Morgan fingerprint density at radius 1 is 1.05 bits per heavy atom. The first kappa shape index (κ1) is 18.4. The molecule has 1 fully saturated rings. The Bertz CT molecular complexity index is 298. The van der Waals surface area contributed by atoms with Gasteiger partial charge in [0.1, 0.15) is 0 Å². The second kappa shape index (κ2) is 10.1. The number of aliphatic hydroxyl groups is 2. The van der Waals surface area contributed by atoms with Crippen LogP contribution in [0.5, 0.6) is 0 Å². The first-order chi connectivity index (χ1) is 10.1. The van der Waals surface area contributed by atoms with Crippen molar-refractivity contribution in [1.82, 2.24) is 0 Å². The summed E-state index contributed by atoms with van der Waals surface area (Å²) in [5, 5.41) is 30.9. The number of nitrogens with zero attached hydrogens (tertiary/aromatic N) is 1.